The molecule has 0 radical (unpaired) electrons. The van der Waals surface area contributed by atoms with E-state index in [0.29, 0.717) is 5.56 Å². The fourth-order valence-electron chi connectivity index (χ4n) is 3.95. The Bertz CT molecular complexity index is 1160. The molecule has 1 aliphatic rings. The molecule has 158 valence electrons. The van der Waals surface area contributed by atoms with Gasteiger partial charge in [-0.25, -0.2) is 4.98 Å². The number of ketones is 1. The van der Waals surface area contributed by atoms with Gasteiger partial charge in [0.1, 0.15) is 11.5 Å². The zero-order chi connectivity index (χ0) is 21.8. The van der Waals surface area contributed by atoms with Gasteiger partial charge in [-0.2, -0.15) is 5.26 Å². The largest absolute Gasteiger partial charge is 0.497 e. The van der Waals surface area contributed by atoms with Crippen LogP contribution in [0.3, 0.4) is 0 Å². The van der Waals surface area contributed by atoms with E-state index < -0.39 is 0 Å². The van der Waals surface area contributed by atoms with E-state index >= 15 is 0 Å². The van der Waals surface area contributed by atoms with Crippen molar-refractivity contribution < 1.29 is 14.3 Å². The number of nitriles is 1. The zero-order valence-electron chi connectivity index (χ0n) is 17.9. The summed E-state index contributed by atoms with van der Waals surface area (Å²) in [6, 6.07) is 15.9. The highest BCUT2D eigenvalue weighted by atomic mass is 16.5. The van der Waals surface area contributed by atoms with Gasteiger partial charge in [-0.15, -0.1) is 0 Å². The molecule has 1 aliphatic heterocycles. The lowest BCUT2D eigenvalue weighted by atomic mass is 9.97. The summed E-state index contributed by atoms with van der Waals surface area (Å²) in [6.45, 7) is 5.61. The summed E-state index contributed by atoms with van der Waals surface area (Å²) in [5.74, 6) is 0.789. The first kappa shape index (κ1) is 21.0. The molecule has 2 aromatic carbocycles. The van der Waals surface area contributed by atoms with Gasteiger partial charge in [0.2, 0.25) is 0 Å². The summed E-state index contributed by atoms with van der Waals surface area (Å²) in [5, 5.41) is 10.7. The number of nitrogens with zero attached hydrogens (tertiary/aromatic N) is 3. The standard InChI is InChI=1S/C25H25N3O3/c1-17(29)11-18-3-4-19(12-20(18)15-26)24-13-21(16-28-7-9-31-10-8-28)23-6-5-22(30-2)14-25(23)27-24/h3-6,12-14H,7-11,16H2,1-2H3. The minimum atomic E-state index is 0.0352. The predicted molar refractivity (Wildman–Crippen MR) is 119 cm³/mol. The molecule has 0 aliphatic carbocycles. The first-order chi connectivity index (χ1) is 15.1. The molecule has 0 N–H and O–H groups in total. The van der Waals surface area contributed by atoms with Crippen molar-refractivity contribution >= 4 is 16.7 Å². The van der Waals surface area contributed by atoms with Crippen LogP contribution in [-0.4, -0.2) is 49.1 Å². The summed E-state index contributed by atoms with van der Waals surface area (Å²) in [5.41, 5.74) is 4.94. The minimum absolute atomic E-state index is 0.0352. The van der Waals surface area contributed by atoms with Crippen molar-refractivity contribution in [2.24, 2.45) is 0 Å². The maximum Gasteiger partial charge on any atom is 0.134 e. The molecule has 0 spiro atoms. The number of hydrogen-bond acceptors (Lipinski definition) is 6. The topological polar surface area (TPSA) is 75.5 Å². The second-order valence-electron chi connectivity index (χ2n) is 7.80. The lowest BCUT2D eigenvalue weighted by Gasteiger charge is -2.27. The average molecular weight is 415 g/mol. The van der Waals surface area contributed by atoms with E-state index in [4.69, 9.17) is 14.5 Å². The predicted octanol–water partition coefficient (Wildman–Crippen LogP) is 3.75. The monoisotopic (exact) mass is 415 g/mol. The number of methoxy groups -OCH3 is 1. The molecule has 31 heavy (non-hydrogen) atoms. The Morgan fingerprint density at radius 3 is 2.68 bits per heavy atom. The van der Waals surface area contributed by atoms with Crippen LogP contribution in [0.5, 0.6) is 5.75 Å². The second kappa shape index (κ2) is 9.25. The van der Waals surface area contributed by atoms with Gasteiger partial charge >= 0.3 is 0 Å². The quantitative estimate of drug-likeness (QED) is 0.610. The number of pyridine rings is 1. The van der Waals surface area contributed by atoms with Crippen LogP contribution in [0.4, 0.5) is 0 Å². The van der Waals surface area contributed by atoms with E-state index in [9.17, 15) is 10.1 Å². The normalized spacial score (nSPS) is 14.4. The van der Waals surface area contributed by atoms with Crippen LogP contribution in [0.1, 0.15) is 23.6 Å². The van der Waals surface area contributed by atoms with Gasteiger partial charge in [0.15, 0.2) is 0 Å². The van der Waals surface area contributed by atoms with Crippen LogP contribution < -0.4 is 4.74 Å². The summed E-state index contributed by atoms with van der Waals surface area (Å²) in [4.78, 5) is 18.8. The molecule has 1 aromatic heterocycles. The average Bonchev–Trinajstić information content (AvgIpc) is 2.79. The third kappa shape index (κ3) is 4.74. The molecule has 0 bridgehead atoms. The Hall–Kier alpha value is -3.27. The van der Waals surface area contributed by atoms with Crippen LogP contribution in [0.2, 0.25) is 0 Å². The van der Waals surface area contributed by atoms with E-state index in [1.54, 1.807) is 7.11 Å². The highest BCUT2D eigenvalue weighted by Crippen LogP contribution is 2.29. The Kier molecular flexibility index (Phi) is 6.26. The number of carbonyl (C=O) groups excluding carboxylic acids is 1. The third-order valence-corrected chi connectivity index (χ3v) is 5.57. The van der Waals surface area contributed by atoms with Crippen molar-refractivity contribution in [3.8, 4) is 23.1 Å². The van der Waals surface area contributed by atoms with Crippen LogP contribution in [-0.2, 0) is 22.5 Å². The summed E-state index contributed by atoms with van der Waals surface area (Å²) < 4.78 is 10.9. The third-order valence-electron chi connectivity index (χ3n) is 5.57. The Labute approximate surface area is 182 Å². The highest BCUT2D eigenvalue weighted by molar-refractivity contribution is 5.86. The van der Waals surface area contributed by atoms with Crippen molar-refractivity contribution in [1.82, 2.24) is 9.88 Å². The number of ether oxygens (including phenoxy) is 2. The molecule has 4 rings (SSSR count). The molecular weight excluding hydrogens is 390 g/mol. The van der Waals surface area contributed by atoms with Gasteiger partial charge in [0.05, 0.1) is 43.2 Å². The summed E-state index contributed by atoms with van der Waals surface area (Å²) in [7, 11) is 1.65. The Morgan fingerprint density at radius 2 is 1.97 bits per heavy atom. The molecule has 0 saturated carbocycles. The van der Waals surface area contributed by atoms with E-state index in [2.05, 4.69) is 23.1 Å². The number of fused-ring (bicyclic) bond motifs is 1. The first-order valence-corrected chi connectivity index (χ1v) is 10.4. The molecule has 2 heterocycles. The maximum atomic E-state index is 11.5. The van der Waals surface area contributed by atoms with Crippen LogP contribution in [0.15, 0.2) is 42.5 Å². The first-order valence-electron chi connectivity index (χ1n) is 10.4. The van der Waals surface area contributed by atoms with E-state index in [0.717, 1.165) is 66.3 Å². The van der Waals surface area contributed by atoms with Crippen molar-refractivity contribution in [3.63, 3.8) is 0 Å². The second-order valence-corrected chi connectivity index (χ2v) is 7.80. The number of carbonyl (C=O) groups is 1. The van der Waals surface area contributed by atoms with Gasteiger partial charge in [-0.3, -0.25) is 9.69 Å². The molecule has 6 heteroatoms. The molecule has 1 fully saturated rings. The number of hydrogen-bond donors (Lipinski definition) is 0. The van der Waals surface area contributed by atoms with Gasteiger partial charge in [0.25, 0.3) is 0 Å². The molecule has 0 unspecified atom stereocenters. The molecule has 0 atom stereocenters. The Morgan fingerprint density at radius 1 is 1.16 bits per heavy atom. The van der Waals surface area contributed by atoms with Gasteiger partial charge < -0.3 is 9.47 Å². The van der Waals surface area contributed by atoms with E-state index in [-0.39, 0.29) is 12.2 Å². The number of rotatable bonds is 6. The highest BCUT2D eigenvalue weighted by Gasteiger charge is 2.16. The number of morpholine rings is 1. The smallest absolute Gasteiger partial charge is 0.134 e. The molecule has 1 saturated heterocycles. The Balaban J connectivity index is 1.80. The number of Topliss-reactive ketones (excluding diaryl/α,β-unsaturated/α-hetero) is 1. The maximum absolute atomic E-state index is 11.5. The van der Waals surface area contributed by atoms with Crippen molar-refractivity contribution in [2.45, 2.75) is 19.9 Å². The van der Waals surface area contributed by atoms with Crippen molar-refractivity contribution in [1.29, 1.82) is 5.26 Å². The SMILES string of the molecule is COc1ccc2c(CN3CCOCC3)cc(-c3ccc(CC(C)=O)c(C#N)c3)nc2c1. The lowest BCUT2D eigenvalue weighted by molar-refractivity contribution is -0.116. The van der Waals surface area contributed by atoms with Gasteiger partial charge in [-0.05, 0) is 42.3 Å². The molecule has 6 nitrogen and oxygen atoms in total. The molecule has 3 aromatic rings. The lowest BCUT2D eigenvalue weighted by Crippen LogP contribution is -2.35. The zero-order valence-corrected chi connectivity index (χ0v) is 17.9. The fraction of sp³-hybridized carbons (Fsp3) is 0.320. The summed E-state index contributed by atoms with van der Waals surface area (Å²) in [6.07, 6.45) is 0.258. The van der Waals surface area contributed by atoms with Crippen LogP contribution in [0, 0.1) is 11.3 Å². The minimum Gasteiger partial charge on any atom is -0.497 e. The van der Waals surface area contributed by atoms with Crippen LogP contribution in [0.25, 0.3) is 22.2 Å². The number of benzene rings is 2. The van der Waals surface area contributed by atoms with E-state index in [1.165, 1.54) is 12.5 Å². The van der Waals surface area contributed by atoms with Gasteiger partial charge in [0, 0.05) is 43.1 Å². The van der Waals surface area contributed by atoms with Crippen LogP contribution >= 0.6 is 0 Å². The summed E-state index contributed by atoms with van der Waals surface area (Å²) >= 11 is 0. The number of aromatic nitrogens is 1. The van der Waals surface area contributed by atoms with Gasteiger partial charge in [-0.1, -0.05) is 12.1 Å². The fourth-order valence-corrected chi connectivity index (χ4v) is 3.95. The molecular formula is C25H25N3O3. The molecule has 0 amide bonds. The van der Waals surface area contributed by atoms with Crippen molar-refractivity contribution in [2.75, 3.05) is 33.4 Å². The van der Waals surface area contributed by atoms with Crippen molar-refractivity contribution in [3.05, 3.63) is 59.2 Å². The van der Waals surface area contributed by atoms with E-state index in [1.807, 2.05) is 30.3 Å².